The van der Waals surface area contributed by atoms with E-state index in [9.17, 15) is 14.4 Å². The van der Waals surface area contributed by atoms with Crippen LogP contribution in [0.4, 0.5) is 5.69 Å². The van der Waals surface area contributed by atoms with Crippen molar-refractivity contribution >= 4 is 34.3 Å². The quantitative estimate of drug-likeness (QED) is 0.827. The Labute approximate surface area is 145 Å². The van der Waals surface area contributed by atoms with Crippen molar-refractivity contribution in [2.24, 2.45) is 0 Å². The van der Waals surface area contributed by atoms with Crippen molar-refractivity contribution < 1.29 is 19.1 Å². The van der Waals surface area contributed by atoms with E-state index in [4.69, 9.17) is 4.74 Å². The Balaban J connectivity index is 1.83. The van der Waals surface area contributed by atoms with Crippen molar-refractivity contribution in [3.63, 3.8) is 0 Å². The third-order valence-electron chi connectivity index (χ3n) is 4.39. The summed E-state index contributed by atoms with van der Waals surface area (Å²) in [6, 6.07) is 5.70. The third kappa shape index (κ3) is 3.71. The van der Waals surface area contributed by atoms with Crippen LogP contribution in [0.5, 0.6) is 0 Å². The van der Waals surface area contributed by atoms with Gasteiger partial charge in [-0.1, -0.05) is 11.6 Å². The number of piperidine rings is 1. The molecule has 1 aromatic heterocycles. The lowest BCUT2D eigenvalue weighted by atomic mass is 10.1. The van der Waals surface area contributed by atoms with E-state index in [0.29, 0.717) is 31.6 Å². The number of aromatic nitrogens is 1. The first-order chi connectivity index (χ1) is 12.0. The summed E-state index contributed by atoms with van der Waals surface area (Å²) in [4.78, 5) is 40.7. The molecule has 0 unspecified atom stereocenters. The van der Waals surface area contributed by atoms with E-state index in [1.54, 1.807) is 0 Å². The van der Waals surface area contributed by atoms with Gasteiger partial charge in [0.1, 0.15) is 11.5 Å². The number of esters is 1. The van der Waals surface area contributed by atoms with Crippen molar-refractivity contribution in [2.75, 3.05) is 32.1 Å². The number of anilines is 1. The second kappa shape index (κ2) is 7.06. The Bertz CT molecular complexity index is 830. The molecule has 0 radical (unpaired) electrons. The van der Waals surface area contributed by atoms with Crippen molar-refractivity contribution in [1.29, 1.82) is 0 Å². The van der Waals surface area contributed by atoms with Crippen LogP contribution < -0.4 is 5.32 Å². The summed E-state index contributed by atoms with van der Waals surface area (Å²) in [6.45, 7) is 3.30. The molecule has 0 aliphatic carbocycles. The summed E-state index contributed by atoms with van der Waals surface area (Å²) in [5.74, 6) is -0.522. The molecule has 1 fully saturated rings. The smallest absolute Gasteiger partial charge is 0.356 e. The maximum absolute atomic E-state index is 12.4. The average molecular weight is 343 g/mol. The highest BCUT2D eigenvalue weighted by Gasteiger charge is 2.22. The van der Waals surface area contributed by atoms with Crippen molar-refractivity contribution in [2.45, 2.75) is 19.8 Å². The molecule has 0 saturated carbocycles. The van der Waals surface area contributed by atoms with Crippen molar-refractivity contribution in [1.82, 2.24) is 9.88 Å². The van der Waals surface area contributed by atoms with E-state index >= 15 is 0 Å². The molecule has 7 nitrogen and oxygen atoms in total. The van der Waals surface area contributed by atoms with E-state index < -0.39 is 5.97 Å². The minimum absolute atomic E-state index is 0.187. The van der Waals surface area contributed by atoms with Crippen LogP contribution in [-0.2, 0) is 14.3 Å². The number of aryl methyl sites for hydroxylation is 1. The standard InChI is InChI=1S/C18H21N3O4/c1-11-3-4-14-13(9-11)16(17(19-14)18(24)25-2)20-15(23)10-21-7-5-12(22)6-8-21/h3-4,9,19H,5-8,10H2,1-2H3,(H,20,23). The number of carbonyl (C=O) groups excluding carboxylic acids is 3. The molecule has 1 aliphatic rings. The van der Waals surface area contributed by atoms with Gasteiger partial charge < -0.3 is 15.0 Å². The fraction of sp³-hybridized carbons (Fsp3) is 0.389. The van der Waals surface area contributed by atoms with Gasteiger partial charge in [-0.25, -0.2) is 4.79 Å². The minimum Gasteiger partial charge on any atom is -0.464 e. The highest BCUT2D eigenvalue weighted by molar-refractivity contribution is 6.11. The number of rotatable bonds is 4. The fourth-order valence-corrected chi connectivity index (χ4v) is 3.03. The first-order valence-electron chi connectivity index (χ1n) is 8.22. The second-order valence-electron chi connectivity index (χ2n) is 6.28. The van der Waals surface area contributed by atoms with Crippen molar-refractivity contribution in [3.8, 4) is 0 Å². The summed E-state index contributed by atoms with van der Waals surface area (Å²) < 4.78 is 4.81. The van der Waals surface area contributed by atoms with E-state index in [-0.39, 0.29) is 23.9 Å². The Morgan fingerprint density at radius 2 is 2.00 bits per heavy atom. The van der Waals surface area contributed by atoms with Gasteiger partial charge in [-0.05, 0) is 19.1 Å². The molecule has 25 heavy (non-hydrogen) atoms. The molecule has 2 heterocycles. The summed E-state index contributed by atoms with van der Waals surface area (Å²) in [5, 5.41) is 3.60. The first-order valence-corrected chi connectivity index (χ1v) is 8.22. The number of likely N-dealkylation sites (tertiary alicyclic amines) is 1. The van der Waals surface area contributed by atoms with Gasteiger partial charge in [0.25, 0.3) is 0 Å². The maximum Gasteiger partial charge on any atom is 0.356 e. The number of methoxy groups -OCH3 is 1. The molecular formula is C18H21N3O4. The lowest BCUT2D eigenvalue weighted by molar-refractivity contribution is -0.124. The summed E-state index contributed by atoms with van der Waals surface area (Å²) in [6.07, 6.45) is 0.958. The second-order valence-corrected chi connectivity index (χ2v) is 6.28. The lowest BCUT2D eigenvalue weighted by Crippen LogP contribution is -2.39. The number of Topliss-reactive ketones (excluding diaryl/α,β-unsaturated/α-hetero) is 1. The average Bonchev–Trinajstić information content (AvgIpc) is 2.94. The molecule has 1 aliphatic heterocycles. The largest absolute Gasteiger partial charge is 0.464 e. The molecule has 132 valence electrons. The molecule has 0 atom stereocenters. The summed E-state index contributed by atoms with van der Waals surface area (Å²) in [7, 11) is 1.30. The normalized spacial score (nSPS) is 15.4. The topological polar surface area (TPSA) is 91.5 Å². The maximum atomic E-state index is 12.4. The number of aromatic amines is 1. The van der Waals surface area contributed by atoms with Gasteiger partial charge in [0.15, 0.2) is 0 Å². The van der Waals surface area contributed by atoms with Crippen LogP contribution >= 0.6 is 0 Å². The summed E-state index contributed by atoms with van der Waals surface area (Å²) >= 11 is 0. The van der Waals surface area contributed by atoms with E-state index in [1.807, 2.05) is 30.0 Å². The number of ketones is 1. The Kier molecular flexibility index (Phi) is 4.85. The number of carbonyl (C=O) groups is 3. The molecule has 2 aromatic rings. The molecular weight excluding hydrogens is 322 g/mol. The number of benzene rings is 1. The van der Waals surface area contributed by atoms with Crippen LogP contribution in [0.1, 0.15) is 28.9 Å². The van der Waals surface area contributed by atoms with Gasteiger partial charge >= 0.3 is 5.97 Å². The Hall–Kier alpha value is -2.67. The van der Waals surface area contributed by atoms with Crippen LogP contribution in [0.2, 0.25) is 0 Å². The van der Waals surface area contributed by atoms with E-state index in [1.165, 1.54) is 7.11 Å². The lowest BCUT2D eigenvalue weighted by Gasteiger charge is -2.24. The predicted molar refractivity (Wildman–Crippen MR) is 93.7 cm³/mol. The molecule has 0 bridgehead atoms. The molecule has 3 rings (SSSR count). The zero-order chi connectivity index (χ0) is 18.0. The SMILES string of the molecule is COC(=O)c1[nH]c2ccc(C)cc2c1NC(=O)CN1CCC(=O)CC1. The number of nitrogens with one attached hydrogen (secondary N) is 2. The van der Waals surface area contributed by atoms with E-state index in [2.05, 4.69) is 10.3 Å². The Morgan fingerprint density at radius 3 is 2.68 bits per heavy atom. The zero-order valence-corrected chi connectivity index (χ0v) is 14.3. The monoisotopic (exact) mass is 343 g/mol. The minimum atomic E-state index is -0.535. The molecule has 1 saturated heterocycles. The van der Waals surface area contributed by atoms with Gasteiger partial charge in [-0.2, -0.15) is 0 Å². The summed E-state index contributed by atoms with van der Waals surface area (Å²) in [5.41, 5.74) is 2.44. The third-order valence-corrected chi connectivity index (χ3v) is 4.39. The molecule has 1 amide bonds. The highest BCUT2D eigenvalue weighted by Crippen LogP contribution is 2.29. The molecule has 2 N–H and O–H groups in total. The predicted octanol–water partition coefficient (Wildman–Crippen LogP) is 1.87. The van der Waals surface area contributed by atoms with Crippen LogP contribution in [0.15, 0.2) is 18.2 Å². The Morgan fingerprint density at radius 1 is 1.28 bits per heavy atom. The van der Waals surface area contributed by atoms with E-state index in [0.717, 1.165) is 16.5 Å². The number of H-pyrrole nitrogens is 1. The van der Waals surface area contributed by atoms with Gasteiger partial charge in [0, 0.05) is 36.8 Å². The van der Waals surface area contributed by atoms with Crippen LogP contribution in [0, 0.1) is 6.92 Å². The van der Waals surface area contributed by atoms with Crippen LogP contribution in [-0.4, -0.2) is 54.3 Å². The first kappa shape index (κ1) is 17.2. The van der Waals surface area contributed by atoms with Crippen LogP contribution in [0.3, 0.4) is 0 Å². The van der Waals surface area contributed by atoms with Crippen LogP contribution in [0.25, 0.3) is 10.9 Å². The van der Waals surface area contributed by atoms with Gasteiger partial charge in [0.05, 0.1) is 19.3 Å². The van der Waals surface area contributed by atoms with Gasteiger partial charge in [-0.3, -0.25) is 14.5 Å². The molecule has 7 heteroatoms. The molecule has 0 spiro atoms. The highest BCUT2D eigenvalue weighted by atomic mass is 16.5. The van der Waals surface area contributed by atoms with Gasteiger partial charge in [-0.15, -0.1) is 0 Å². The number of fused-ring (bicyclic) bond motifs is 1. The number of nitrogens with zero attached hydrogens (tertiary/aromatic N) is 1. The number of hydrogen-bond acceptors (Lipinski definition) is 5. The molecule has 1 aromatic carbocycles. The number of amides is 1. The number of hydrogen-bond donors (Lipinski definition) is 2. The fourth-order valence-electron chi connectivity index (χ4n) is 3.03. The van der Waals surface area contributed by atoms with Gasteiger partial charge in [0.2, 0.25) is 5.91 Å². The van der Waals surface area contributed by atoms with Crippen molar-refractivity contribution in [3.05, 3.63) is 29.5 Å². The zero-order valence-electron chi connectivity index (χ0n) is 14.3. The number of ether oxygens (including phenoxy) is 1.